The Hall–Kier alpha value is -2.24. The average molecular weight is 280 g/mol. The third kappa shape index (κ3) is 3.88. The summed E-state index contributed by atoms with van der Waals surface area (Å²) in [5, 5.41) is 11.4. The van der Waals surface area contributed by atoms with Gasteiger partial charge in [-0.1, -0.05) is 6.07 Å². The molecule has 2 N–H and O–H groups in total. The van der Waals surface area contributed by atoms with E-state index in [1.807, 2.05) is 19.9 Å². The number of rotatable bonds is 5. The second kappa shape index (κ2) is 6.79. The number of hydrogen-bond acceptors (Lipinski definition) is 3. The monoisotopic (exact) mass is 280 g/mol. The molecule has 1 aromatic carbocycles. The van der Waals surface area contributed by atoms with Gasteiger partial charge in [0.1, 0.15) is 5.75 Å². The van der Waals surface area contributed by atoms with Crippen LogP contribution >= 0.6 is 0 Å². The number of aryl methyl sites for hydroxylation is 1. The fraction of sp³-hybridized carbons (Fsp3) is 0.429. The molecule has 0 heterocycles. The number of aliphatic carboxylic acids is 1. The van der Waals surface area contributed by atoms with Crippen molar-refractivity contribution in [3.63, 3.8) is 0 Å². The number of nitrogens with zero attached hydrogens (tertiary/aromatic N) is 1. The highest BCUT2D eigenvalue weighted by atomic mass is 16.5. The summed E-state index contributed by atoms with van der Waals surface area (Å²) < 4.78 is 5.29. The Bertz CT molecular complexity index is 514. The number of urea groups is 1. The minimum absolute atomic E-state index is 0.0832. The first-order valence-corrected chi connectivity index (χ1v) is 6.25. The van der Waals surface area contributed by atoms with Gasteiger partial charge in [0.25, 0.3) is 0 Å². The van der Waals surface area contributed by atoms with Gasteiger partial charge in [-0.15, -0.1) is 0 Å². The second-order valence-electron chi connectivity index (χ2n) is 4.58. The molecule has 0 spiro atoms. The molecule has 0 aromatic heterocycles. The van der Waals surface area contributed by atoms with E-state index in [2.05, 4.69) is 5.32 Å². The van der Waals surface area contributed by atoms with Crippen LogP contribution in [0.5, 0.6) is 5.75 Å². The lowest BCUT2D eigenvalue weighted by molar-refractivity contribution is -0.137. The summed E-state index contributed by atoms with van der Waals surface area (Å²) >= 11 is 0. The van der Waals surface area contributed by atoms with Crippen molar-refractivity contribution in [3.05, 3.63) is 23.3 Å². The standard InChI is InChI=1S/C14H20N2O4/c1-9-5-6-11(10(2)13(9)20-4)15-14(19)16(3)8-7-12(17)18/h5-6H,7-8H2,1-4H3,(H,15,19)(H,17,18). The summed E-state index contributed by atoms with van der Waals surface area (Å²) in [5.74, 6) is -0.200. The largest absolute Gasteiger partial charge is 0.496 e. The number of benzene rings is 1. The number of hydrogen-bond donors (Lipinski definition) is 2. The van der Waals surface area contributed by atoms with Gasteiger partial charge in [0.05, 0.1) is 13.5 Å². The number of ether oxygens (including phenoxy) is 1. The second-order valence-corrected chi connectivity index (χ2v) is 4.58. The Morgan fingerprint density at radius 2 is 2.00 bits per heavy atom. The SMILES string of the molecule is COc1c(C)ccc(NC(=O)N(C)CCC(=O)O)c1C. The van der Waals surface area contributed by atoms with Crippen LogP contribution in [0.25, 0.3) is 0 Å². The summed E-state index contributed by atoms with van der Waals surface area (Å²) in [5.41, 5.74) is 2.48. The maximum absolute atomic E-state index is 11.9. The van der Waals surface area contributed by atoms with Gasteiger partial charge < -0.3 is 20.1 Å². The first-order chi connectivity index (χ1) is 9.36. The molecule has 0 aliphatic rings. The Kier molecular flexibility index (Phi) is 5.37. The van der Waals surface area contributed by atoms with Crippen LogP contribution in [-0.2, 0) is 4.79 Å². The van der Waals surface area contributed by atoms with E-state index in [-0.39, 0.29) is 19.0 Å². The predicted octanol–water partition coefficient (Wildman–Crippen LogP) is 2.25. The molecule has 20 heavy (non-hydrogen) atoms. The molecule has 6 heteroatoms. The quantitative estimate of drug-likeness (QED) is 0.867. The highest BCUT2D eigenvalue weighted by Crippen LogP contribution is 2.29. The number of carbonyl (C=O) groups is 2. The number of carboxylic acids is 1. The zero-order valence-electron chi connectivity index (χ0n) is 12.2. The van der Waals surface area contributed by atoms with Crippen molar-refractivity contribution >= 4 is 17.7 Å². The van der Waals surface area contributed by atoms with Gasteiger partial charge in [-0.2, -0.15) is 0 Å². The number of nitrogens with one attached hydrogen (secondary N) is 1. The van der Waals surface area contributed by atoms with Crippen LogP contribution in [0.1, 0.15) is 17.5 Å². The summed E-state index contributed by atoms with van der Waals surface area (Å²) in [6, 6.07) is 3.31. The van der Waals surface area contributed by atoms with Crippen LogP contribution in [0.2, 0.25) is 0 Å². The topological polar surface area (TPSA) is 78.9 Å². The molecule has 1 rings (SSSR count). The normalized spacial score (nSPS) is 10.0. The maximum Gasteiger partial charge on any atom is 0.321 e. The highest BCUT2D eigenvalue weighted by Gasteiger charge is 2.14. The van der Waals surface area contributed by atoms with Crippen molar-refractivity contribution < 1.29 is 19.4 Å². The van der Waals surface area contributed by atoms with Crippen molar-refractivity contribution in [2.45, 2.75) is 20.3 Å². The third-order valence-electron chi connectivity index (χ3n) is 3.06. The van der Waals surface area contributed by atoms with Crippen LogP contribution in [-0.4, -0.2) is 42.7 Å². The van der Waals surface area contributed by atoms with Gasteiger partial charge in [-0.3, -0.25) is 4.79 Å². The predicted molar refractivity (Wildman–Crippen MR) is 76.4 cm³/mol. The van der Waals surface area contributed by atoms with Crippen LogP contribution in [0.4, 0.5) is 10.5 Å². The molecule has 0 atom stereocenters. The zero-order valence-corrected chi connectivity index (χ0v) is 12.2. The van der Waals surface area contributed by atoms with E-state index in [0.717, 1.165) is 16.9 Å². The average Bonchev–Trinajstić information content (AvgIpc) is 2.39. The van der Waals surface area contributed by atoms with Crippen LogP contribution < -0.4 is 10.1 Å². The molecule has 0 unspecified atom stereocenters. The minimum atomic E-state index is -0.933. The number of carbonyl (C=O) groups excluding carboxylic acids is 1. The van der Waals surface area contributed by atoms with E-state index >= 15 is 0 Å². The van der Waals surface area contributed by atoms with Crippen molar-refractivity contribution in [2.24, 2.45) is 0 Å². The van der Waals surface area contributed by atoms with Gasteiger partial charge in [0.15, 0.2) is 0 Å². The lowest BCUT2D eigenvalue weighted by atomic mass is 10.1. The molecule has 0 aliphatic heterocycles. The number of methoxy groups -OCH3 is 1. The summed E-state index contributed by atoms with van der Waals surface area (Å²) in [6.07, 6.45) is -0.0832. The third-order valence-corrected chi connectivity index (χ3v) is 3.06. The van der Waals surface area contributed by atoms with Crippen molar-refractivity contribution in [1.29, 1.82) is 0 Å². The Labute approximate surface area is 118 Å². The first kappa shape index (κ1) is 15.8. The highest BCUT2D eigenvalue weighted by molar-refractivity contribution is 5.90. The molecular formula is C14H20N2O4. The van der Waals surface area contributed by atoms with E-state index in [0.29, 0.717) is 5.69 Å². The Balaban J connectivity index is 2.78. The summed E-state index contributed by atoms with van der Waals surface area (Å²) in [6.45, 7) is 3.94. The van der Waals surface area contributed by atoms with Crippen LogP contribution in [0, 0.1) is 13.8 Å². The molecule has 0 fully saturated rings. The van der Waals surface area contributed by atoms with E-state index in [1.54, 1.807) is 20.2 Å². The first-order valence-electron chi connectivity index (χ1n) is 6.25. The van der Waals surface area contributed by atoms with Crippen LogP contribution in [0.3, 0.4) is 0 Å². The van der Waals surface area contributed by atoms with E-state index in [1.165, 1.54) is 4.90 Å². The molecule has 0 radical (unpaired) electrons. The Morgan fingerprint density at radius 3 is 2.55 bits per heavy atom. The van der Waals surface area contributed by atoms with Gasteiger partial charge in [0.2, 0.25) is 0 Å². The molecular weight excluding hydrogens is 260 g/mol. The van der Waals surface area contributed by atoms with Gasteiger partial charge >= 0.3 is 12.0 Å². The van der Waals surface area contributed by atoms with Crippen molar-refractivity contribution in [3.8, 4) is 5.75 Å². The van der Waals surface area contributed by atoms with E-state index in [4.69, 9.17) is 9.84 Å². The minimum Gasteiger partial charge on any atom is -0.496 e. The summed E-state index contributed by atoms with van der Waals surface area (Å²) in [7, 11) is 3.14. The van der Waals surface area contributed by atoms with Crippen molar-refractivity contribution in [1.82, 2.24) is 4.90 Å². The van der Waals surface area contributed by atoms with Gasteiger partial charge in [0, 0.05) is 24.8 Å². The fourth-order valence-electron chi connectivity index (χ4n) is 1.85. The summed E-state index contributed by atoms with van der Waals surface area (Å²) in [4.78, 5) is 23.8. The molecule has 0 aliphatic carbocycles. The molecule has 1 aromatic rings. The fourth-order valence-corrected chi connectivity index (χ4v) is 1.85. The van der Waals surface area contributed by atoms with Gasteiger partial charge in [-0.05, 0) is 25.5 Å². The maximum atomic E-state index is 11.9. The molecule has 6 nitrogen and oxygen atoms in total. The lowest BCUT2D eigenvalue weighted by Gasteiger charge is -2.19. The molecule has 0 saturated carbocycles. The number of carboxylic acid groups (broad SMARTS) is 1. The molecule has 0 bridgehead atoms. The zero-order chi connectivity index (χ0) is 15.3. The van der Waals surface area contributed by atoms with Crippen LogP contribution in [0.15, 0.2) is 12.1 Å². The van der Waals surface area contributed by atoms with Crippen molar-refractivity contribution in [2.75, 3.05) is 26.0 Å². The van der Waals surface area contributed by atoms with Gasteiger partial charge in [-0.25, -0.2) is 4.79 Å². The number of anilines is 1. The number of amides is 2. The molecule has 0 saturated heterocycles. The Morgan fingerprint density at radius 1 is 1.35 bits per heavy atom. The van der Waals surface area contributed by atoms with E-state index < -0.39 is 5.97 Å². The molecule has 2 amide bonds. The lowest BCUT2D eigenvalue weighted by Crippen LogP contribution is -2.33. The molecule has 110 valence electrons. The smallest absolute Gasteiger partial charge is 0.321 e. The van der Waals surface area contributed by atoms with E-state index in [9.17, 15) is 9.59 Å².